The van der Waals surface area contributed by atoms with Crippen molar-refractivity contribution in [2.75, 3.05) is 6.61 Å². The number of carboxylic acid groups (broad SMARTS) is 1. The van der Waals surface area contributed by atoms with E-state index < -0.39 is 5.97 Å². The van der Waals surface area contributed by atoms with Gasteiger partial charge in [-0.3, -0.25) is 4.79 Å². The van der Waals surface area contributed by atoms with E-state index in [1.54, 1.807) is 18.2 Å². The largest absolute Gasteiger partial charge is 0.482 e. The Morgan fingerprint density at radius 2 is 1.89 bits per heavy atom. The molecule has 0 aliphatic rings. The van der Waals surface area contributed by atoms with Gasteiger partial charge in [0, 0.05) is 18.3 Å². The van der Waals surface area contributed by atoms with Crippen molar-refractivity contribution in [2.24, 2.45) is 0 Å². The van der Waals surface area contributed by atoms with Crippen LogP contribution in [0.4, 0.5) is 0 Å². The smallest absolute Gasteiger partial charge is 0.341 e. The average Bonchev–Trinajstić information content (AvgIpc) is 3.15. The van der Waals surface area contributed by atoms with E-state index in [2.05, 4.69) is 0 Å². The summed E-state index contributed by atoms with van der Waals surface area (Å²) in [5, 5.41) is 8.69. The molecule has 3 rings (SSSR count). The number of benzene rings is 2. The lowest BCUT2D eigenvalue weighted by atomic mass is 10.0. The summed E-state index contributed by atoms with van der Waals surface area (Å²) in [5.41, 5.74) is 3.18. The first-order valence-electron chi connectivity index (χ1n) is 8.91. The maximum Gasteiger partial charge on any atom is 0.341 e. The van der Waals surface area contributed by atoms with Crippen molar-refractivity contribution in [3.8, 4) is 5.75 Å². The Morgan fingerprint density at radius 1 is 1.07 bits per heavy atom. The van der Waals surface area contributed by atoms with Crippen LogP contribution in [-0.2, 0) is 11.3 Å². The number of ketones is 1. The molecule has 2 aromatic carbocycles. The summed E-state index contributed by atoms with van der Waals surface area (Å²) in [7, 11) is 0. The molecular weight excluding hydrogens is 354 g/mol. The number of aromatic nitrogens is 1. The first kappa shape index (κ1) is 19.2. The lowest BCUT2D eigenvalue weighted by Gasteiger charge is -2.08. The lowest BCUT2D eigenvalue weighted by Crippen LogP contribution is -2.10. The molecule has 0 bridgehead atoms. The van der Waals surface area contributed by atoms with E-state index >= 15 is 0 Å². The molecule has 28 heavy (non-hydrogen) atoms. The van der Waals surface area contributed by atoms with Crippen molar-refractivity contribution < 1.29 is 19.4 Å². The quantitative estimate of drug-likeness (QED) is 0.599. The van der Waals surface area contributed by atoms with Gasteiger partial charge in [0.15, 0.2) is 6.61 Å². The summed E-state index contributed by atoms with van der Waals surface area (Å²) in [6.45, 7) is 2.10. The van der Waals surface area contributed by atoms with Gasteiger partial charge in [-0.15, -0.1) is 0 Å². The predicted octanol–water partition coefficient (Wildman–Crippen LogP) is 4.20. The monoisotopic (exact) mass is 375 g/mol. The molecule has 5 nitrogen and oxygen atoms in total. The summed E-state index contributed by atoms with van der Waals surface area (Å²) < 4.78 is 7.09. The fourth-order valence-corrected chi connectivity index (χ4v) is 2.90. The van der Waals surface area contributed by atoms with E-state index in [4.69, 9.17) is 9.84 Å². The summed E-state index contributed by atoms with van der Waals surface area (Å²) in [4.78, 5) is 23.4. The van der Waals surface area contributed by atoms with Crippen LogP contribution in [0.3, 0.4) is 0 Å². The predicted molar refractivity (Wildman–Crippen MR) is 108 cm³/mol. The zero-order chi connectivity index (χ0) is 19.9. The van der Waals surface area contributed by atoms with Gasteiger partial charge in [-0.1, -0.05) is 48.6 Å². The Hall–Kier alpha value is -3.60. The molecule has 0 amide bonds. The molecule has 0 saturated carbocycles. The van der Waals surface area contributed by atoms with Crippen LogP contribution in [0.15, 0.2) is 72.9 Å². The first-order valence-corrected chi connectivity index (χ1v) is 8.91. The van der Waals surface area contributed by atoms with Crippen LogP contribution in [0.1, 0.15) is 27.2 Å². The van der Waals surface area contributed by atoms with Crippen LogP contribution in [-0.4, -0.2) is 28.0 Å². The number of carbonyl (C=O) groups excluding carboxylic acids is 1. The van der Waals surface area contributed by atoms with E-state index in [-0.39, 0.29) is 12.4 Å². The first-order chi connectivity index (χ1) is 13.5. The van der Waals surface area contributed by atoms with E-state index in [9.17, 15) is 9.59 Å². The molecular formula is C23H21NO4. The third-order valence-corrected chi connectivity index (χ3v) is 4.28. The third-order valence-electron chi connectivity index (χ3n) is 4.28. The number of aryl methyl sites for hydroxylation is 1. The fraction of sp³-hybridized carbons (Fsp3) is 0.130. The van der Waals surface area contributed by atoms with Gasteiger partial charge in [0.25, 0.3) is 0 Å². The molecule has 5 heteroatoms. The highest BCUT2D eigenvalue weighted by Gasteiger charge is 2.14. The summed E-state index contributed by atoms with van der Waals surface area (Å²) in [6.07, 6.45) is 5.74. The maximum atomic E-state index is 12.8. The summed E-state index contributed by atoms with van der Waals surface area (Å²) in [5.74, 6) is -0.513. The van der Waals surface area contributed by atoms with Crippen LogP contribution in [0.25, 0.3) is 6.08 Å². The molecule has 1 N–H and O–H groups in total. The summed E-state index contributed by atoms with van der Waals surface area (Å²) >= 11 is 0. The van der Waals surface area contributed by atoms with Crippen molar-refractivity contribution >= 4 is 17.8 Å². The van der Waals surface area contributed by atoms with Crippen LogP contribution < -0.4 is 4.74 Å². The van der Waals surface area contributed by atoms with Crippen LogP contribution >= 0.6 is 0 Å². The Balaban J connectivity index is 1.70. The third kappa shape index (κ3) is 4.76. The number of carboxylic acids is 1. The number of carbonyl (C=O) groups is 2. The second-order valence-corrected chi connectivity index (χ2v) is 6.35. The van der Waals surface area contributed by atoms with Gasteiger partial charge in [-0.2, -0.15) is 0 Å². The number of nitrogens with zero attached hydrogens (tertiary/aromatic N) is 1. The standard InChI is InChI=1S/C23H21NO4/c1-17-7-2-3-11-20(17)23(27)21-12-6-14-24(21)13-5-9-18-8-4-10-19(15-18)28-16-22(25)26/h2-12,14-15H,13,16H2,1H3,(H,25,26)/b9-5+. The maximum absolute atomic E-state index is 12.8. The SMILES string of the molecule is Cc1ccccc1C(=O)c1cccn1C/C=C/c1cccc(OCC(=O)O)c1. The number of hydrogen-bond acceptors (Lipinski definition) is 3. The minimum absolute atomic E-state index is 0.000526. The molecule has 0 aliphatic heterocycles. The molecule has 0 fully saturated rings. The average molecular weight is 375 g/mol. The molecule has 0 radical (unpaired) electrons. The number of aliphatic carboxylic acids is 1. The van der Waals surface area contributed by atoms with Gasteiger partial charge in [0.2, 0.25) is 5.78 Å². The minimum atomic E-state index is -1.01. The molecule has 0 unspecified atom stereocenters. The van der Waals surface area contributed by atoms with Crippen LogP contribution in [0.5, 0.6) is 5.75 Å². The Kier molecular flexibility index (Phi) is 6.07. The molecule has 0 saturated heterocycles. The second kappa shape index (κ2) is 8.86. The normalized spacial score (nSPS) is 10.9. The molecule has 0 atom stereocenters. The van der Waals surface area contributed by atoms with E-state index in [1.807, 2.05) is 72.3 Å². The van der Waals surface area contributed by atoms with Crippen molar-refractivity contribution in [1.29, 1.82) is 0 Å². The Morgan fingerprint density at radius 3 is 2.68 bits per heavy atom. The van der Waals surface area contributed by atoms with Crippen molar-refractivity contribution in [1.82, 2.24) is 4.57 Å². The highest BCUT2D eigenvalue weighted by molar-refractivity contribution is 6.08. The van der Waals surface area contributed by atoms with Crippen LogP contribution in [0, 0.1) is 6.92 Å². The van der Waals surface area contributed by atoms with Gasteiger partial charge in [-0.25, -0.2) is 4.79 Å². The number of rotatable bonds is 8. The lowest BCUT2D eigenvalue weighted by molar-refractivity contribution is -0.139. The van der Waals surface area contributed by atoms with Crippen molar-refractivity contribution in [3.63, 3.8) is 0 Å². The fourth-order valence-electron chi connectivity index (χ4n) is 2.90. The van der Waals surface area contributed by atoms with Gasteiger partial charge < -0.3 is 14.4 Å². The van der Waals surface area contributed by atoms with E-state index in [0.717, 1.165) is 11.1 Å². The number of hydrogen-bond donors (Lipinski definition) is 1. The molecule has 1 aromatic heterocycles. The number of allylic oxidation sites excluding steroid dienone is 1. The van der Waals surface area contributed by atoms with Gasteiger partial charge in [-0.05, 0) is 42.3 Å². The summed E-state index contributed by atoms with van der Waals surface area (Å²) in [6, 6.07) is 18.4. The molecule has 0 spiro atoms. The van der Waals surface area contributed by atoms with Gasteiger partial charge >= 0.3 is 5.97 Å². The Bertz CT molecular complexity index is 1020. The van der Waals surface area contributed by atoms with Gasteiger partial charge in [0.1, 0.15) is 5.75 Å². The van der Waals surface area contributed by atoms with E-state index in [1.165, 1.54) is 0 Å². The molecule has 3 aromatic rings. The van der Waals surface area contributed by atoms with E-state index in [0.29, 0.717) is 23.6 Å². The zero-order valence-electron chi connectivity index (χ0n) is 15.5. The zero-order valence-corrected chi connectivity index (χ0v) is 15.5. The molecule has 142 valence electrons. The minimum Gasteiger partial charge on any atom is -0.482 e. The highest BCUT2D eigenvalue weighted by Crippen LogP contribution is 2.16. The van der Waals surface area contributed by atoms with Crippen LogP contribution in [0.2, 0.25) is 0 Å². The second-order valence-electron chi connectivity index (χ2n) is 6.35. The molecule has 1 heterocycles. The Labute approximate surface area is 163 Å². The molecule has 0 aliphatic carbocycles. The van der Waals surface area contributed by atoms with Crippen molar-refractivity contribution in [3.05, 3.63) is 95.3 Å². The topological polar surface area (TPSA) is 68.5 Å². The highest BCUT2D eigenvalue weighted by atomic mass is 16.5. The number of ether oxygens (including phenoxy) is 1. The van der Waals surface area contributed by atoms with Gasteiger partial charge in [0.05, 0.1) is 5.69 Å². The van der Waals surface area contributed by atoms with Crippen molar-refractivity contribution in [2.45, 2.75) is 13.5 Å².